The van der Waals surface area contributed by atoms with Crippen molar-refractivity contribution in [3.8, 4) is 18.1 Å². The monoisotopic (exact) mass is 293 g/mol. The number of amides is 1. The summed E-state index contributed by atoms with van der Waals surface area (Å²) in [5, 5.41) is 2.84. The lowest BCUT2D eigenvalue weighted by molar-refractivity contribution is 0.132. The van der Waals surface area contributed by atoms with Crippen molar-refractivity contribution in [2.24, 2.45) is 0 Å². The van der Waals surface area contributed by atoms with Gasteiger partial charge in [-0.15, -0.1) is 6.42 Å². The predicted molar refractivity (Wildman–Crippen MR) is 82.5 cm³/mol. The minimum Gasteiger partial charge on any atom is -0.497 e. The van der Waals surface area contributed by atoms with Crippen molar-refractivity contribution in [3.05, 3.63) is 65.2 Å². The van der Waals surface area contributed by atoms with Crippen LogP contribution >= 0.6 is 0 Å². The molecule has 110 valence electrons. The molecule has 1 aliphatic rings. The average molecular weight is 293 g/mol. The lowest BCUT2D eigenvalue weighted by Crippen LogP contribution is -2.19. The molecule has 1 saturated heterocycles. The highest BCUT2D eigenvalue weighted by atomic mass is 16.6. The molecule has 0 unspecified atom stereocenters. The van der Waals surface area contributed by atoms with Crippen LogP contribution in [0, 0.1) is 12.3 Å². The molecule has 1 aliphatic heterocycles. The highest BCUT2D eigenvalue weighted by molar-refractivity contribution is 5.71. The third kappa shape index (κ3) is 2.61. The molecule has 0 bridgehead atoms. The fourth-order valence-electron chi connectivity index (χ4n) is 2.58. The Hall–Kier alpha value is -2.93. The zero-order valence-corrected chi connectivity index (χ0v) is 12.1. The first kappa shape index (κ1) is 14.0. The van der Waals surface area contributed by atoms with E-state index in [1.54, 1.807) is 7.11 Å². The first-order valence-electron chi connectivity index (χ1n) is 6.89. The van der Waals surface area contributed by atoms with E-state index >= 15 is 0 Å². The van der Waals surface area contributed by atoms with E-state index in [-0.39, 0.29) is 6.04 Å². The Labute approximate surface area is 129 Å². The number of hydrogen-bond donors (Lipinski definition) is 1. The second-order valence-electron chi connectivity index (χ2n) is 4.99. The van der Waals surface area contributed by atoms with E-state index in [4.69, 9.17) is 15.9 Å². The Balaban J connectivity index is 1.98. The number of benzene rings is 2. The molecular formula is C18H15NO3. The zero-order chi connectivity index (χ0) is 15.5. The van der Waals surface area contributed by atoms with E-state index in [2.05, 4.69) is 11.2 Å². The van der Waals surface area contributed by atoms with Crippen molar-refractivity contribution in [2.75, 3.05) is 7.11 Å². The second kappa shape index (κ2) is 5.82. The van der Waals surface area contributed by atoms with Gasteiger partial charge in [0.2, 0.25) is 0 Å². The number of nitrogens with one attached hydrogen (secondary N) is 1. The Morgan fingerprint density at radius 2 is 1.95 bits per heavy atom. The standard InChI is InChI=1S/C18H15NO3/c1-3-12-6-4-7-13(10-12)16-17(22-18(20)19-16)14-8-5-9-15(11-14)21-2/h1,4-11,16-17H,2H3,(H,19,20)/t16-,17-/m1/s1. The Kier molecular flexibility index (Phi) is 3.71. The third-order valence-corrected chi connectivity index (χ3v) is 3.64. The normalized spacial score (nSPS) is 19.9. The van der Waals surface area contributed by atoms with Crippen molar-refractivity contribution < 1.29 is 14.3 Å². The van der Waals surface area contributed by atoms with Crippen LogP contribution in [0.25, 0.3) is 0 Å². The maximum Gasteiger partial charge on any atom is 0.408 e. The molecule has 3 rings (SSSR count). The molecule has 22 heavy (non-hydrogen) atoms. The summed E-state index contributed by atoms with van der Waals surface area (Å²) in [5.41, 5.74) is 2.55. The zero-order valence-electron chi connectivity index (χ0n) is 12.1. The highest BCUT2D eigenvalue weighted by Crippen LogP contribution is 2.37. The molecule has 0 aromatic heterocycles. The molecule has 1 fully saturated rings. The molecule has 0 radical (unpaired) electrons. The van der Waals surface area contributed by atoms with E-state index in [0.717, 1.165) is 22.4 Å². The molecule has 2 atom stereocenters. The van der Waals surface area contributed by atoms with Crippen LogP contribution in [0.2, 0.25) is 0 Å². The molecule has 4 nitrogen and oxygen atoms in total. The second-order valence-corrected chi connectivity index (χ2v) is 4.99. The third-order valence-electron chi connectivity index (χ3n) is 3.64. The first-order chi connectivity index (χ1) is 10.7. The molecule has 0 spiro atoms. The van der Waals surface area contributed by atoms with Crippen LogP contribution < -0.4 is 10.1 Å². The van der Waals surface area contributed by atoms with Gasteiger partial charge in [0.05, 0.1) is 13.2 Å². The van der Waals surface area contributed by atoms with Crippen LogP contribution in [0.5, 0.6) is 5.75 Å². The minimum absolute atomic E-state index is 0.284. The van der Waals surface area contributed by atoms with Gasteiger partial charge >= 0.3 is 6.09 Å². The van der Waals surface area contributed by atoms with Crippen LogP contribution in [-0.2, 0) is 4.74 Å². The Morgan fingerprint density at radius 3 is 2.73 bits per heavy atom. The van der Waals surface area contributed by atoms with Crippen LogP contribution in [0.15, 0.2) is 48.5 Å². The number of methoxy groups -OCH3 is 1. The summed E-state index contributed by atoms with van der Waals surface area (Å²) in [6.45, 7) is 0. The summed E-state index contributed by atoms with van der Waals surface area (Å²) >= 11 is 0. The summed E-state index contributed by atoms with van der Waals surface area (Å²) in [7, 11) is 1.60. The van der Waals surface area contributed by atoms with Gasteiger partial charge in [-0.1, -0.05) is 30.2 Å². The topological polar surface area (TPSA) is 47.6 Å². The predicted octanol–water partition coefficient (Wildman–Crippen LogP) is 3.20. The van der Waals surface area contributed by atoms with E-state index in [0.29, 0.717) is 0 Å². The van der Waals surface area contributed by atoms with Crippen molar-refractivity contribution in [1.29, 1.82) is 0 Å². The number of alkyl carbamates (subject to hydrolysis) is 1. The van der Waals surface area contributed by atoms with E-state index in [1.807, 2.05) is 48.5 Å². The van der Waals surface area contributed by atoms with Gasteiger partial charge in [-0.05, 0) is 35.4 Å². The largest absolute Gasteiger partial charge is 0.497 e. The lowest BCUT2D eigenvalue weighted by atomic mass is 9.95. The summed E-state index contributed by atoms with van der Waals surface area (Å²) in [5.74, 6) is 3.32. The van der Waals surface area contributed by atoms with Gasteiger partial charge in [0.1, 0.15) is 5.75 Å². The van der Waals surface area contributed by atoms with Gasteiger partial charge in [-0.2, -0.15) is 0 Å². The summed E-state index contributed by atoms with van der Waals surface area (Å²) in [6.07, 6.45) is 4.58. The quantitative estimate of drug-likeness (QED) is 0.884. The number of cyclic esters (lactones) is 1. The number of carbonyl (C=O) groups excluding carboxylic acids is 1. The Bertz CT molecular complexity index is 748. The van der Waals surface area contributed by atoms with Crippen molar-refractivity contribution >= 4 is 6.09 Å². The number of ether oxygens (including phenoxy) is 2. The smallest absolute Gasteiger partial charge is 0.408 e. The van der Waals surface area contributed by atoms with Gasteiger partial charge < -0.3 is 14.8 Å². The number of rotatable bonds is 3. The molecule has 2 aromatic rings. The van der Waals surface area contributed by atoms with Crippen molar-refractivity contribution in [3.63, 3.8) is 0 Å². The number of carbonyl (C=O) groups is 1. The van der Waals surface area contributed by atoms with Crippen molar-refractivity contribution in [1.82, 2.24) is 5.32 Å². The maximum atomic E-state index is 11.7. The Morgan fingerprint density at radius 1 is 1.18 bits per heavy atom. The highest BCUT2D eigenvalue weighted by Gasteiger charge is 2.36. The van der Waals surface area contributed by atoms with Crippen LogP contribution in [0.3, 0.4) is 0 Å². The maximum absolute atomic E-state index is 11.7. The first-order valence-corrected chi connectivity index (χ1v) is 6.89. The molecule has 1 amide bonds. The van der Waals surface area contributed by atoms with E-state index in [9.17, 15) is 4.79 Å². The van der Waals surface area contributed by atoms with Crippen LogP contribution in [0.4, 0.5) is 4.79 Å². The molecule has 1 N–H and O–H groups in total. The molecule has 0 saturated carbocycles. The van der Waals surface area contributed by atoms with E-state index < -0.39 is 12.2 Å². The molecule has 4 heteroatoms. The lowest BCUT2D eigenvalue weighted by Gasteiger charge is -2.18. The fraction of sp³-hybridized carbons (Fsp3) is 0.167. The molecule has 0 aliphatic carbocycles. The fourth-order valence-corrected chi connectivity index (χ4v) is 2.58. The van der Waals surface area contributed by atoms with Crippen LogP contribution in [0.1, 0.15) is 28.8 Å². The number of hydrogen-bond acceptors (Lipinski definition) is 3. The van der Waals surface area contributed by atoms with Gasteiger partial charge in [0, 0.05) is 5.56 Å². The number of terminal acetylenes is 1. The molecular weight excluding hydrogens is 278 g/mol. The van der Waals surface area contributed by atoms with Gasteiger partial charge in [-0.3, -0.25) is 0 Å². The SMILES string of the molecule is C#Cc1cccc([C@H]2NC(=O)O[C@@H]2c2cccc(OC)c2)c1. The summed E-state index contributed by atoms with van der Waals surface area (Å²) < 4.78 is 10.7. The molecule has 2 aromatic carbocycles. The van der Waals surface area contributed by atoms with Gasteiger partial charge in [-0.25, -0.2) is 4.79 Å². The summed E-state index contributed by atoms with van der Waals surface area (Å²) in [6, 6.07) is 14.7. The van der Waals surface area contributed by atoms with Gasteiger partial charge in [0.25, 0.3) is 0 Å². The van der Waals surface area contributed by atoms with Crippen LogP contribution in [-0.4, -0.2) is 13.2 Å². The van der Waals surface area contributed by atoms with E-state index in [1.165, 1.54) is 0 Å². The summed E-state index contributed by atoms with van der Waals surface area (Å²) in [4.78, 5) is 11.7. The van der Waals surface area contributed by atoms with Crippen molar-refractivity contribution in [2.45, 2.75) is 12.1 Å². The van der Waals surface area contributed by atoms with Gasteiger partial charge in [0.15, 0.2) is 6.10 Å². The molecule has 1 heterocycles. The minimum atomic E-state index is -0.441. The average Bonchev–Trinajstić information content (AvgIpc) is 2.97.